The van der Waals surface area contributed by atoms with Crippen LogP contribution in [0.25, 0.3) is 5.76 Å². The molecule has 4 heteroatoms. The van der Waals surface area contributed by atoms with Crippen molar-refractivity contribution in [3.8, 4) is 0 Å². The van der Waals surface area contributed by atoms with E-state index in [4.69, 9.17) is 4.74 Å². The molecular formula is C23H32BNO2. The molecule has 1 atom stereocenters. The third-order valence-electron chi connectivity index (χ3n) is 5.92. The van der Waals surface area contributed by atoms with Gasteiger partial charge in [0.2, 0.25) is 0 Å². The van der Waals surface area contributed by atoms with E-state index < -0.39 is 0 Å². The molecule has 0 radical (unpaired) electrons. The molecule has 0 spiro atoms. The summed E-state index contributed by atoms with van der Waals surface area (Å²) in [4.78, 5) is 12.3. The molecule has 1 aromatic rings. The highest BCUT2D eigenvalue weighted by Gasteiger charge is 2.23. The van der Waals surface area contributed by atoms with Gasteiger partial charge >= 0.3 is 0 Å². The number of Topliss-reactive ketones (excluding diaryl/α,β-unsaturated/α-hetero) is 1. The Morgan fingerprint density at radius 2 is 2.04 bits per heavy atom. The molecule has 3 rings (SSSR count). The monoisotopic (exact) mass is 365 g/mol. The van der Waals surface area contributed by atoms with E-state index in [1.807, 2.05) is 6.92 Å². The zero-order chi connectivity index (χ0) is 19.2. The lowest BCUT2D eigenvalue weighted by Crippen LogP contribution is -2.39. The molecule has 1 aliphatic carbocycles. The molecule has 1 aromatic carbocycles. The van der Waals surface area contributed by atoms with Crippen LogP contribution >= 0.6 is 0 Å². The topological polar surface area (TPSA) is 38.3 Å². The Morgan fingerprint density at radius 1 is 1.26 bits per heavy atom. The third kappa shape index (κ3) is 5.28. The van der Waals surface area contributed by atoms with E-state index in [9.17, 15) is 4.79 Å². The Kier molecular flexibility index (Phi) is 6.81. The van der Waals surface area contributed by atoms with Gasteiger partial charge in [-0.05, 0) is 49.3 Å². The lowest BCUT2D eigenvalue weighted by molar-refractivity contribution is -0.124. The van der Waals surface area contributed by atoms with E-state index in [1.54, 1.807) is 0 Å². The smallest absolute Gasteiger partial charge is 0.153 e. The number of fused-ring (bicyclic) bond motifs is 1. The van der Waals surface area contributed by atoms with Gasteiger partial charge in [0, 0.05) is 23.8 Å². The SMILES string of the molecule is C=C(C)N[C@@H]1BCc2c(cccc2C(=C)OCCC(=O)C2CCCCC2)C1. The molecule has 27 heavy (non-hydrogen) atoms. The zero-order valence-corrected chi connectivity index (χ0v) is 16.7. The summed E-state index contributed by atoms with van der Waals surface area (Å²) >= 11 is 0. The standard InChI is InChI=1S/C23H32BNO2/c1-16(2)25-23-14-19-10-7-11-20(21(19)15-24-23)17(3)27-13-12-22(26)18-8-5-4-6-9-18/h7,10-11,18,23-25H,1,3-6,8-9,12-15H2,2H3/t23-/m0/s1. The second kappa shape index (κ2) is 9.30. The third-order valence-corrected chi connectivity index (χ3v) is 5.92. The average Bonchev–Trinajstić information content (AvgIpc) is 2.67. The fourth-order valence-corrected chi connectivity index (χ4v) is 4.52. The highest BCUT2D eigenvalue weighted by Crippen LogP contribution is 2.28. The Morgan fingerprint density at radius 3 is 2.78 bits per heavy atom. The second-order valence-electron chi connectivity index (χ2n) is 8.13. The van der Waals surface area contributed by atoms with Gasteiger partial charge in [-0.3, -0.25) is 4.79 Å². The van der Waals surface area contributed by atoms with Crippen LogP contribution in [0, 0.1) is 5.92 Å². The quantitative estimate of drug-likeness (QED) is 0.555. The van der Waals surface area contributed by atoms with E-state index in [0.717, 1.165) is 44.1 Å². The van der Waals surface area contributed by atoms with Gasteiger partial charge in [0.15, 0.2) is 7.28 Å². The normalized spacial score (nSPS) is 19.5. The van der Waals surface area contributed by atoms with Gasteiger partial charge in [-0.15, -0.1) is 0 Å². The lowest BCUT2D eigenvalue weighted by Gasteiger charge is -2.27. The highest BCUT2D eigenvalue weighted by molar-refractivity contribution is 6.38. The minimum absolute atomic E-state index is 0.262. The number of ether oxygens (including phenoxy) is 1. The average molecular weight is 365 g/mol. The van der Waals surface area contributed by atoms with Gasteiger partial charge in [-0.25, -0.2) is 0 Å². The molecule has 1 saturated carbocycles. The fraction of sp³-hybridized carbons (Fsp3) is 0.522. The van der Waals surface area contributed by atoms with E-state index in [0.29, 0.717) is 30.5 Å². The summed E-state index contributed by atoms with van der Waals surface area (Å²) in [7, 11) is 1.09. The molecule has 3 nitrogen and oxygen atoms in total. The maximum atomic E-state index is 12.3. The van der Waals surface area contributed by atoms with Crippen LogP contribution in [0.2, 0.25) is 0 Å². The maximum absolute atomic E-state index is 12.3. The number of carbonyl (C=O) groups excluding carboxylic acids is 1. The molecule has 1 heterocycles. The Hall–Kier alpha value is -1.97. The van der Waals surface area contributed by atoms with Crippen LogP contribution in [-0.2, 0) is 22.3 Å². The summed E-state index contributed by atoms with van der Waals surface area (Å²) in [6.07, 6.45) is 8.31. The minimum atomic E-state index is 0.262. The van der Waals surface area contributed by atoms with Gasteiger partial charge in [0.25, 0.3) is 0 Å². The molecule has 1 aliphatic heterocycles. The maximum Gasteiger partial charge on any atom is 0.153 e. The summed E-state index contributed by atoms with van der Waals surface area (Å²) in [5.74, 6) is 1.78. The Bertz CT molecular complexity index is 706. The van der Waals surface area contributed by atoms with Gasteiger partial charge < -0.3 is 10.1 Å². The predicted molar refractivity (Wildman–Crippen MR) is 114 cm³/mol. The summed E-state index contributed by atoms with van der Waals surface area (Å²) in [6.45, 7) is 10.6. The van der Waals surface area contributed by atoms with Gasteiger partial charge in [0.1, 0.15) is 11.5 Å². The van der Waals surface area contributed by atoms with Crippen molar-refractivity contribution in [1.29, 1.82) is 0 Å². The summed E-state index contributed by atoms with van der Waals surface area (Å²) in [5.41, 5.74) is 4.84. The minimum Gasteiger partial charge on any atom is -0.493 e. The van der Waals surface area contributed by atoms with Gasteiger partial charge in [-0.2, -0.15) is 0 Å². The summed E-state index contributed by atoms with van der Waals surface area (Å²) < 4.78 is 5.90. The Labute approximate surface area is 164 Å². The van der Waals surface area contributed by atoms with Crippen molar-refractivity contribution in [2.45, 2.75) is 64.1 Å². The molecule has 1 fully saturated rings. The number of rotatable bonds is 8. The zero-order valence-electron chi connectivity index (χ0n) is 16.7. The molecule has 0 unspecified atom stereocenters. The summed E-state index contributed by atoms with van der Waals surface area (Å²) in [6, 6.07) is 6.38. The van der Waals surface area contributed by atoms with E-state index in [2.05, 4.69) is 36.7 Å². The first-order chi connectivity index (χ1) is 13.0. The Balaban J connectivity index is 1.54. The highest BCUT2D eigenvalue weighted by atomic mass is 16.5. The number of allylic oxidation sites excluding steroid dienone is 1. The molecular weight excluding hydrogens is 333 g/mol. The molecule has 0 amide bonds. The van der Waals surface area contributed by atoms with Crippen LogP contribution < -0.4 is 5.32 Å². The number of hydrogen-bond acceptors (Lipinski definition) is 3. The predicted octanol–water partition coefficient (Wildman–Crippen LogP) is 4.16. The van der Waals surface area contributed by atoms with Gasteiger partial charge in [-0.1, -0.05) is 50.6 Å². The molecule has 0 bridgehead atoms. The fourth-order valence-electron chi connectivity index (χ4n) is 4.52. The lowest BCUT2D eigenvalue weighted by atomic mass is 9.57. The van der Waals surface area contributed by atoms with Crippen molar-refractivity contribution in [3.05, 3.63) is 53.7 Å². The van der Waals surface area contributed by atoms with Gasteiger partial charge in [0.05, 0.1) is 6.61 Å². The van der Waals surface area contributed by atoms with E-state index in [-0.39, 0.29) is 5.92 Å². The van der Waals surface area contributed by atoms with Crippen LogP contribution in [0.3, 0.4) is 0 Å². The van der Waals surface area contributed by atoms with Crippen molar-refractivity contribution in [1.82, 2.24) is 5.32 Å². The van der Waals surface area contributed by atoms with Crippen molar-refractivity contribution >= 4 is 18.8 Å². The molecule has 0 aromatic heterocycles. The molecule has 0 saturated heterocycles. The first-order valence-electron chi connectivity index (χ1n) is 10.4. The first kappa shape index (κ1) is 19.8. The van der Waals surface area contributed by atoms with Crippen LogP contribution in [0.15, 0.2) is 37.1 Å². The van der Waals surface area contributed by atoms with Crippen molar-refractivity contribution in [3.63, 3.8) is 0 Å². The summed E-state index contributed by atoms with van der Waals surface area (Å²) in [5, 5.41) is 3.46. The second-order valence-corrected chi connectivity index (χ2v) is 8.13. The number of carbonyl (C=O) groups is 1. The first-order valence-corrected chi connectivity index (χ1v) is 10.4. The number of benzene rings is 1. The van der Waals surface area contributed by atoms with Crippen molar-refractivity contribution < 1.29 is 9.53 Å². The van der Waals surface area contributed by atoms with Crippen LogP contribution in [-0.4, -0.2) is 25.6 Å². The van der Waals surface area contributed by atoms with Crippen LogP contribution in [0.1, 0.15) is 62.1 Å². The number of ketones is 1. The molecule has 144 valence electrons. The van der Waals surface area contributed by atoms with Crippen LogP contribution in [0.5, 0.6) is 0 Å². The van der Waals surface area contributed by atoms with E-state index >= 15 is 0 Å². The van der Waals surface area contributed by atoms with Crippen LogP contribution in [0.4, 0.5) is 0 Å². The van der Waals surface area contributed by atoms with Crippen molar-refractivity contribution in [2.24, 2.45) is 5.92 Å². The number of nitrogens with one attached hydrogen (secondary N) is 1. The molecule has 2 aliphatic rings. The van der Waals surface area contributed by atoms with Crippen molar-refractivity contribution in [2.75, 3.05) is 6.61 Å². The largest absolute Gasteiger partial charge is 0.493 e. The molecule has 1 N–H and O–H groups in total. The number of hydrogen-bond donors (Lipinski definition) is 1. The van der Waals surface area contributed by atoms with E-state index in [1.165, 1.54) is 30.4 Å².